The highest BCUT2D eigenvalue weighted by Crippen LogP contribution is 2.44. The van der Waals surface area contributed by atoms with Crippen LogP contribution in [0.25, 0.3) is 0 Å². The number of aromatic nitrogens is 3. The first-order chi connectivity index (χ1) is 19.6. The van der Waals surface area contributed by atoms with Crippen LogP contribution in [0.1, 0.15) is 65.7 Å². The lowest BCUT2D eigenvalue weighted by molar-refractivity contribution is -0.128. The van der Waals surface area contributed by atoms with Crippen molar-refractivity contribution in [2.45, 2.75) is 71.3 Å². The van der Waals surface area contributed by atoms with Gasteiger partial charge in [0.05, 0.1) is 35.4 Å². The lowest BCUT2D eigenvalue weighted by Crippen LogP contribution is -2.48. The molecular weight excluding hydrogens is 542 g/mol. The minimum Gasteiger partial charge on any atom is -0.444 e. The molecule has 3 saturated heterocycles. The van der Waals surface area contributed by atoms with Gasteiger partial charge < -0.3 is 24.8 Å². The summed E-state index contributed by atoms with van der Waals surface area (Å²) in [5.41, 5.74) is 0.453. The van der Waals surface area contributed by atoms with E-state index >= 15 is 0 Å². The van der Waals surface area contributed by atoms with Crippen molar-refractivity contribution in [3.63, 3.8) is 0 Å². The molecule has 1 spiro atoms. The number of piperidine rings is 2. The number of nitrogens with one attached hydrogen (secondary N) is 1. The van der Waals surface area contributed by atoms with Crippen LogP contribution in [0.2, 0.25) is 5.02 Å². The Morgan fingerprint density at radius 1 is 1.05 bits per heavy atom. The van der Waals surface area contributed by atoms with Gasteiger partial charge in [-0.25, -0.2) is 9.78 Å². The molecule has 6 rings (SSSR count). The van der Waals surface area contributed by atoms with Gasteiger partial charge in [0, 0.05) is 32.7 Å². The van der Waals surface area contributed by atoms with Crippen molar-refractivity contribution in [2.24, 2.45) is 17.3 Å². The summed E-state index contributed by atoms with van der Waals surface area (Å²) in [6.07, 6.45) is 11.9. The predicted octanol–water partition coefficient (Wildman–Crippen LogP) is 5.65. The monoisotopic (exact) mass is 581 g/mol. The van der Waals surface area contributed by atoms with Gasteiger partial charge in [0.15, 0.2) is 5.82 Å². The second-order valence-electron chi connectivity index (χ2n) is 13.1. The number of hydrogen-bond donors (Lipinski definition) is 1. The number of ether oxygens (including phenoxy) is 1. The van der Waals surface area contributed by atoms with E-state index in [0.717, 1.165) is 49.3 Å². The van der Waals surface area contributed by atoms with Crippen LogP contribution >= 0.6 is 11.6 Å². The highest BCUT2D eigenvalue weighted by Gasteiger charge is 2.49. The van der Waals surface area contributed by atoms with E-state index in [9.17, 15) is 9.59 Å². The van der Waals surface area contributed by atoms with E-state index in [1.165, 1.54) is 19.3 Å². The molecule has 41 heavy (non-hydrogen) atoms. The van der Waals surface area contributed by atoms with Gasteiger partial charge in [0.1, 0.15) is 10.6 Å². The minimum absolute atomic E-state index is 0.0978. The zero-order valence-corrected chi connectivity index (χ0v) is 25.0. The lowest BCUT2D eigenvalue weighted by Gasteiger charge is -2.38. The third-order valence-corrected chi connectivity index (χ3v) is 9.21. The molecule has 4 aliphatic rings. The fourth-order valence-corrected chi connectivity index (χ4v) is 6.75. The number of likely N-dealkylation sites (tertiary alicyclic amines) is 1. The molecule has 3 aliphatic heterocycles. The number of nitrogens with zero attached hydrogens (tertiary/aromatic N) is 6. The number of carbonyl (C=O) groups excluding carboxylic acids is 2. The van der Waals surface area contributed by atoms with Crippen LogP contribution in [0.5, 0.6) is 0 Å². The van der Waals surface area contributed by atoms with Crippen LogP contribution < -0.4 is 15.1 Å². The lowest BCUT2D eigenvalue weighted by atomic mass is 9.77. The third kappa shape index (κ3) is 6.08. The minimum atomic E-state index is -0.538. The van der Waals surface area contributed by atoms with Gasteiger partial charge in [-0.15, -0.1) is 0 Å². The van der Waals surface area contributed by atoms with Crippen LogP contribution in [0.4, 0.5) is 27.9 Å². The molecule has 5 heterocycles. The summed E-state index contributed by atoms with van der Waals surface area (Å²) in [5.74, 6) is 2.90. The van der Waals surface area contributed by atoms with E-state index in [1.54, 1.807) is 23.5 Å². The molecule has 2 aromatic heterocycles. The number of rotatable bonds is 5. The summed E-state index contributed by atoms with van der Waals surface area (Å²) >= 11 is 6.55. The van der Waals surface area contributed by atoms with Gasteiger partial charge in [-0.1, -0.05) is 11.6 Å². The van der Waals surface area contributed by atoms with E-state index in [2.05, 4.69) is 20.2 Å². The zero-order chi connectivity index (χ0) is 28.8. The van der Waals surface area contributed by atoms with E-state index in [1.807, 2.05) is 31.7 Å². The fraction of sp³-hybridized carbons (Fsp3) is 0.633. The summed E-state index contributed by atoms with van der Waals surface area (Å²) in [6, 6.07) is 1.92. The summed E-state index contributed by atoms with van der Waals surface area (Å²) in [6.45, 7) is 9.19. The Bertz CT molecular complexity index is 1300. The molecule has 1 aliphatic carbocycles. The first-order valence-electron chi connectivity index (χ1n) is 14.9. The molecule has 1 atom stereocenters. The molecule has 0 radical (unpaired) electrons. The molecule has 1 saturated carbocycles. The Labute approximate surface area is 246 Å². The van der Waals surface area contributed by atoms with E-state index in [0.29, 0.717) is 49.1 Å². The Hall–Kier alpha value is -3.14. The van der Waals surface area contributed by atoms with Gasteiger partial charge in [-0.2, -0.15) is 4.98 Å². The number of anilines is 4. The molecule has 10 nitrogen and oxygen atoms in total. The van der Waals surface area contributed by atoms with Crippen molar-refractivity contribution < 1.29 is 14.3 Å². The van der Waals surface area contributed by atoms with E-state index in [-0.39, 0.29) is 12.0 Å². The molecule has 1 N–H and O–H groups in total. The van der Waals surface area contributed by atoms with Crippen LogP contribution in [0, 0.1) is 17.3 Å². The van der Waals surface area contributed by atoms with Gasteiger partial charge in [0.2, 0.25) is 11.9 Å². The first-order valence-corrected chi connectivity index (χ1v) is 15.3. The number of hydrogen-bond acceptors (Lipinski definition) is 8. The van der Waals surface area contributed by atoms with E-state index < -0.39 is 11.0 Å². The third-order valence-electron chi connectivity index (χ3n) is 8.95. The van der Waals surface area contributed by atoms with Gasteiger partial charge in [-0.05, 0) is 83.6 Å². The van der Waals surface area contributed by atoms with Crippen molar-refractivity contribution in [1.82, 2.24) is 19.9 Å². The normalized spacial score (nSPS) is 22.8. The van der Waals surface area contributed by atoms with Crippen molar-refractivity contribution in [2.75, 3.05) is 47.8 Å². The number of pyridine rings is 1. The molecule has 2 amide bonds. The van der Waals surface area contributed by atoms with Crippen molar-refractivity contribution in [3.05, 3.63) is 29.7 Å². The summed E-state index contributed by atoms with van der Waals surface area (Å²) in [5, 5.41) is 3.84. The smallest absolute Gasteiger partial charge is 0.410 e. The standard InChI is InChI=1S/C30H40ClN7O3/c1-29(2,3)41-28(40)36-12-8-30(9-13-36)10-14-38(26(30)39)23-15-22(16-32-17-23)34-27-33-18-24(31)25(35-27)37-11-4-5-21(19-37)20-6-7-20/h15-18,20-21H,4-14,19H2,1-3H3,(H,33,34,35). The van der Waals surface area contributed by atoms with Gasteiger partial charge >= 0.3 is 6.09 Å². The second kappa shape index (κ2) is 10.9. The summed E-state index contributed by atoms with van der Waals surface area (Å²) in [7, 11) is 0. The molecule has 11 heteroatoms. The number of amides is 2. The first kappa shape index (κ1) is 28.0. The maximum atomic E-state index is 13.7. The van der Waals surface area contributed by atoms with E-state index in [4.69, 9.17) is 21.3 Å². The van der Waals surface area contributed by atoms with Gasteiger partial charge in [-0.3, -0.25) is 9.78 Å². The molecule has 2 aromatic rings. The Morgan fingerprint density at radius 3 is 2.54 bits per heavy atom. The van der Waals surface area contributed by atoms with Crippen LogP contribution in [0.15, 0.2) is 24.7 Å². The average Bonchev–Trinajstić information content (AvgIpc) is 3.75. The summed E-state index contributed by atoms with van der Waals surface area (Å²) < 4.78 is 5.53. The van der Waals surface area contributed by atoms with Crippen molar-refractivity contribution in [3.8, 4) is 0 Å². The molecule has 1 unspecified atom stereocenters. The Kier molecular flexibility index (Phi) is 7.46. The SMILES string of the molecule is CC(C)(C)OC(=O)N1CCC2(CC1)CCN(c1cncc(Nc3ncc(Cl)c(N4CCCC(C5CC5)C4)n3)c1)C2=O. The maximum Gasteiger partial charge on any atom is 0.410 e. The van der Waals surface area contributed by atoms with Gasteiger partial charge in [0.25, 0.3) is 0 Å². The number of carbonyl (C=O) groups is 2. The Balaban J connectivity index is 1.11. The maximum absolute atomic E-state index is 13.7. The average molecular weight is 582 g/mol. The highest BCUT2D eigenvalue weighted by molar-refractivity contribution is 6.32. The van der Waals surface area contributed by atoms with Crippen molar-refractivity contribution in [1.29, 1.82) is 0 Å². The largest absolute Gasteiger partial charge is 0.444 e. The molecule has 220 valence electrons. The molecular formula is C30H40ClN7O3. The summed E-state index contributed by atoms with van der Waals surface area (Å²) in [4.78, 5) is 45.7. The quantitative estimate of drug-likeness (QED) is 0.483. The molecule has 4 fully saturated rings. The topological polar surface area (TPSA) is 104 Å². The number of halogens is 1. The molecule has 0 bridgehead atoms. The van der Waals surface area contributed by atoms with Crippen LogP contribution in [-0.2, 0) is 9.53 Å². The predicted molar refractivity (Wildman–Crippen MR) is 159 cm³/mol. The second-order valence-corrected chi connectivity index (χ2v) is 13.5. The highest BCUT2D eigenvalue weighted by atomic mass is 35.5. The van der Waals surface area contributed by atoms with Crippen molar-refractivity contribution >= 4 is 46.7 Å². The zero-order valence-electron chi connectivity index (χ0n) is 24.2. The Morgan fingerprint density at radius 2 is 1.80 bits per heavy atom. The fourth-order valence-electron chi connectivity index (χ4n) is 6.54. The van der Waals surface area contributed by atoms with Crippen LogP contribution in [0.3, 0.4) is 0 Å². The molecule has 0 aromatic carbocycles. The van der Waals surface area contributed by atoms with Crippen LogP contribution in [-0.4, -0.2) is 70.2 Å².